The van der Waals surface area contributed by atoms with E-state index in [-0.39, 0.29) is 5.69 Å². The predicted molar refractivity (Wildman–Crippen MR) is 62.7 cm³/mol. The first-order chi connectivity index (χ1) is 8.18. The molecule has 2 rings (SSSR count). The van der Waals surface area contributed by atoms with Crippen molar-refractivity contribution in [1.29, 1.82) is 0 Å². The molecule has 0 saturated heterocycles. The highest BCUT2D eigenvalue weighted by Crippen LogP contribution is 2.17. The molecule has 1 N–H and O–H groups in total. The molecule has 0 atom stereocenters. The van der Waals surface area contributed by atoms with Crippen LogP contribution in [-0.4, -0.2) is 4.98 Å². The van der Waals surface area contributed by atoms with Gasteiger partial charge in [-0.05, 0) is 36.2 Å². The average molecular weight is 234 g/mol. The fourth-order valence-corrected chi connectivity index (χ4v) is 1.51. The molecule has 1 aromatic carbocycles. The van der Waals surface area contributed by atoms with Gasteiger partial charge in [0.1, 0.15) is 0 Å². The number of hydrogen-bond donors (Lipinski definition) is 1. The summed E-state index contributed by atoms with van der Waals surface area (Å²) in [5, 5.41) is 2.86. The Hall–Kier alpha value is -1.97. The molecule has 2 nitrogen and oxygen atoms in total. The fourth-order valence-electron chi connectivity index (χ4n) is 1.51. The first-order valence-corrected chi connectivity index (χ1v) is 5.26. The number of nitrogens with zero attached hydrogens (tertiary/aromatic N) is 1. The second-order valence-corrected chi connectivity index (χ2v) is 3.76. The minimum atomic E-state index is -0.853. The van der Waals surface area contributed by atoms with Gasteiger partial charge in [0.2, 0.25) is 0 Å². The molecule has 4 heteroatoms. The Kier molecular flexibility index (Phi) is 3.32. The Morgan fingerprint density at radius 2 is 2.06 bits per heavy atom. The van der Waals surface area contributed by atoms with Crippen LogP contribution in [0.1, 0.15) is 11.1 Å². The molecule has 0 fully saturated rings. The van der Waals surface area contributed by atoms with E-state index in [1.165, 1.54) is 12.1 Å². The summed E-state index contributed by atoms with van der Waals surface area (Å²) >= 11 is 0. The maximum absolute atomic E-state index is 13.4. The number of aryl methyl sites for hydroxylation is 1. The fraction of sp³-hybridized carbons (Fsp3) is 0.154. The van der Waals surface area contributed by atoms with Gasteiger partial charge in [-0.25, -0.2) is 8.78 Å². The van der Waals surface area contributed by atoms with Crippen LogP contribution in [0, 0.1) is 18.6 Å². The van der Waals surface area contributed by atoms with Gasteiger partial charge in [-0.1, -0.05) is 6.07 Å². The van der Waals surface area contributed by atoms with E-state index in [0.717, 1.165) is 17.2 Å². The standard InChI is InChI=1S/C13H12F2N2/c1-9-5-6-16-7-10(9)8-17-12-4-2-3-11(14)13(12)15/h2-7,17H,8H2,1H3. The van der Waals surface area contributed by atoms with E-state index >= 15 is 0 Å². The summed E-state index contributed by atoms with van der Waals surface area (Å²) in [5.74, 6) is -1.70. The van der Waals surface area contributed by atoms with Gasteiger partial charge in [-0.15, -0.1) is 0 Å². The van der Waals surface area contributed by atoms with Crippen LogP contribution in [-0.2, 0) is 6.54 Å². The molecule has 1 aromatic heterocycles. The largest absolute Gasteiger partial charge is 0.378 e. The molecule has 0 aliphatic carbocycles. The van der Waals surface area contributed by atoms with Crippen molar-refractivity contribution in [2.45, 2.75) is 13.5 Å². The zero-order valence-electron chi connectivity index (χ0n) is 9.37. The summed E-state index contributed by atoms with van der Waals surface area (Å²) in [6.45, 7) is 2.36. The van der Waals surface area contributed by atoms with E-state index in [1.54, 1.807) is 12.4 Å². The highest BCUT2D eigenvalue weighted by atomic mass is 19.2. The van der Waals surface area contributed by atoms with E-state index in [0.29, 0.717) is 6.54 Å². The number of aromatic nitrogens is 1. The van der Waals surface area contributed by atoms with Crippen LogP contribution < -0.4 is 5.32 Å². The Balaban J connectivity index is 2.13. The van der Waals surface area contributed by atoms with Crippen molar-refractivity contribution in [3.8, 4) is 0 Å². The molecular weight excluding hydrogens is 222 g/mol. The lowest BCUT2D eigenvalue weighted by Crippen LogP contribution is -2.04. The molecule has 0 radical (unpaired) electrons. The molecule has 0 amide bonds. The number of anilines is 1. The lowest BCUT2D eigenvalue weighted by Gasteiger charge is -2.09. The summed E-state index contributed by atoms with van der Waals surface area (Å²) in [4.78, 5) is 3.99. The predicted octanol–water partition coefficient (Wildman–Crippen LogP) is 3.28. The molecular formula is C13H12F2N2. The molecule has 0 spiro atoms. The lowest BCUT2D eigenvalue weighted by molar-refractivity contribution is 0.511. The first kappa shape index (κ1) is 11.5. The van der Waals surface area contributed by atoms with Crippen molar-refractivity contribution in [3.63, 3.8) is 0 Å². The van der Waals surface area contributed by atoms with Crippen molar-refractivity contribution in [1.82, 2.24) is 4.98 Å². The third kappa shape index (κ3) is 2.58. The van der Waals surface area contributed by atoms with Crippen molar-refractivity contribution >= 4 is 5.69 Å². The quantitative estimate of drug-likeness (QED) is 0.881. The normalized spacial score (nSPS) is 10.3. The molecule has 0 aliphatic heterocycles. The van der Waals surface area contributed by atoms with Gasteiger partial charge in [0, 0.05) is 18.9 Å². The van der Waals surface area contributed by atoms with E-state index in [2.05, 4.69) is 10.3 Å². The molecule has 88 valence electrons. The van der Waals surface area contributed by atoms with Crippen LogP contribution in [0.2, 0.25) is 0 Å². The summed E-state index contributed by atoms with van der Waals surface area (Å²) < 4.78 is 26.3. The Morgan fingerprint density at radius 3 is 2.82 bits per heavy atom. The summed E-state index contributed by atoms with van der Waals surface area (Å²) in [7, 11) is 0. The van der Waals surface area contributed by atoms with Gasteiger partial charge in [-0.3, -0.25) is 4.98 Å². The number of benzene rings is 1. The van der Waals surface area contributed by atoms with Gasteiger partial charge in [0.05, 0.1) is 5.69 Å². The van der Waals surface area contributed by atoms with Gasteiger partial charge >= 0.3 is 0 Å². The molecule has 0 aliphatic rings. The second-order valence-electron chi connectivity index (χ2n) is 3.76. The van der Waals surface area contributed by atoms with Crippen molar-refractivity contribution in [2.75, 3.05) is 5.32 Å². The summed E-state index contributed by atoms with van der Waals surface area (Å²) in [6, 6.07) is 5.94. The third-order valence-corrected chi connectivity index (χ3v) is 2.57. The number of pyridine rings is 1. The highest BCUT2D eigenvalue weighted by Gasteiger charge is 2.07. The lowest BCUT2D eigenvalue weighted by atomic mass is 10.1. The second kappa shape index (κ2) is 4.91. The van der Waals surface area contributed by atoms with Crippen molar-refractivity contribution < 1.29 is 8.78 Å². The van der Waals surface area contributed by atoms with E-state index in [4.69, 9.17) is 0 Å². The summed E-state index contributed by atoms with van der Waals surface area (Å²) in [6.07, 6.45) is 3.40. The average Bonchev–Trinajstić information content (AvgIpc) is 2.33. The van der Waals surface area contributed by atoms with Crippen LogP contribution in [0.25, 0.3) is 0 Å². The third-order valence-electron chi connectivity index (χ3n) is 2.57. The molecule has 1 heterocycles. The van der Waals surface area contributed by atoms with Crippen LogP contribution in [0.15, 0.2) is 36.7 Å². The highest BCUT2D eigenvalue weighted by molar-refractivity contribution is 5.45. The van der Waals surface area contributed by atoms with Gasteiger partial charge < -0.3 is 5.32 Å². The molecule has 0 saturated carbocycles. The number of hydrogen-bond acceptors (Lipinski definition) is 2. The van der Waals surface area contributed by atoms with Crippen molar-refractivity contribution in [3.05, 3.63) is 59.4 Å². The van der Waals surface area contributed by atoms with Gasteiger partial charge in [0.15, 0.2) is 11.6 Å². The van der Waals surface area contributed by atoms with Crippen molar-refractivity contribution in [2.24, 2.45) is 0 Å². The zero-order valence-corrected chi connectivity index (χ0v) is 9.37. The van der Waals surface area contributed by atoms with E-state index in [1.807, 2.05) is 13.0 Å². The maximum atomic E-state index is 13.4. The monoisotopic (exact) mass is 234 g/mol. The van der Waals surface area contributed by atoms with Gasteiger partial charge in [0.25, 0.3) is 0 Å². The Labute approximate surface area is 98.3 Å². The Bertz CT molecular complexity index is 527. The van der Waals surface area contributed by atoms with E-state index in [9.17, 15) is 8.78 Å². The number of halogens is 2. The SMILES string of the molecule is Cc1ccncc1CNc1cccc(F)c1F. The smallest absolute Gasteiger partial charge is 0.181 e. The Morgan fingerprint density at radius 1 is 1.24 bits per heavy atom. The molecule has 17 heavy (non-hydrogen) atoms. The molecule has 0 bridgehead atoms. The first-order valence-electron chi connectivity index (χ1n) is 5.26. The van der Waals surface area contributed by atoms with Crippen LogP contribution >= 0.6 is 0 Å². The van der Waals surface area contributed by atoms with Crippen LogP contribution in [0.5, 0.6) is 0 Å². The maximum Gasteiger partial charge on any atom is 0.181 e. The van der Waals surface area contributed by atoms with Crippen LogP contribution in [0.3, 0.4) is 0 Å². The minimum absolute atomic E-state index is 0.160. The van der Waals surface area contributed by atoms with Crippen LogP contribution in [0.4, 0.5) is 14.5 Å². The summed E-state index contributed by atoms with van der Waals surface area (Å²) in [5.41, 5.74) is 2.17. The number of nitrogens with one attached hydrogen (secondary N) is 1. The molecule has 2 aromatic rings. The van der Waals surface area contributed by atoms with E-state index < -0.39 is 11.6 Å². The minimum Gasteiger partial charge on any atom is -0.378 e. The topological polar surface area (TPSA) is 24.9 Å². The number of rotatable bonds is 3. The van der Waals surface area contributed by atoms with Gasteiger partial charge in [-0.2, -0.15) is 0 Å². The zero-order chi connectivity index (χ0) is 12.3. The molecule has 0 unspecified atom stereocenters.